The Morgan fingerprint density at radius 3 is 2.47 bits per heavy atom. The molecule has 1 aliphatic heterocycles. The number of amides is 1. The Kier molecular flexibility index (Phi) is 5.83. The van der Waals surface area contributed by atoms with E-state index in [2.05, 4.69) is 18.3 Å². The number of benzene rings is 1. The highest BCUT2D eigenvalue weighted by atomic mass is 35.5. The van der Waals surface area contributed by atoms with Gasteiger partial charge in [0.1, 0.15) is 0 Å². The fraction of sp³-hybridized carbons (Fsp3) is 0.533. The van der Waals surface area contributed by atoms with E-state index in [0.29, 0.717) is 6.04 Å². The van der Waals surface area contributed by atoms with Crippen LogP contribution in [0, 0.1) is 13.8 Å². The first-order chi connectivity index (χ1) is 8.63. The van der Waals surface area contributed by atoms with Gasteiger partial charge in [-0.05, 0) is 50.9 Å². The van der Waals surface area contributed by atoms with E-state index in [1.54, 1.807) is 0 Å². The third-order valence-electron chi connectivity index (χ3n) is 4.03. The van der Waals surface area contributed by atoms with E-state index in [-0.39, 0.29) is 18.3 Å². The van der Waals surface area contributed by atoms with Crippen LogP contribution < -0.4 is 5.32 Å². The first-order valence-corrected chi connectivity index (χ1v) is 6.66. The van der Waals surface area contributed by atoms with E-state index in [1.807, 2.05) is 31.0 Å². The second-order valence-electron chi connectivity index (χ2n) is 5.10. The van der Waals surface area contributed by atoms with Crippen LogP contribution in [0.1, 0.15) is 34.3 Å². The largest absolute Gasteiger partial charge is 0.339 e. The number of hydrogen-bond acceptors (Lipinski definition) is 2. The molecule has 1 saturated heterocycles. The van der Waals surface area contributed by atoms with Gasteiger partial charge in [-0.15, -0.1) is 12.4 Å². The van der Waals surface area contributed by atoms with Gasteiger partial charge in [-0.1, -0.05) is 12.1 Å². The Bertz CT molecular complexity index is 440. The summed E-state index contributed by atoms with van der Waals surface area (Å²) in [7, 11) is 1.99. The van der Waals surface area contributed by atoms with Crippen LogP contribution in [0.25, 0.3) is 0 Å². The van der Waals surface area contributed by atoms with Gasteiger partial charge in [0.15, 0.2) is 0 Å². The van der Waals surface area contributed by atoms with E-state index in [0.717, 1.165) is 37.1 Å². The lowest BCUT2D eigenvalue weighted by Crippen LogP contribution is -2.44. The van der Waals surface area contributed by atoms with Gasteiger partial charge in [0, 0.05) is 24.7 Å². The molecule has 0 radical (unpaired) electrons. The number of hydrogen-bond donors (Lipinski definition) is 1. The molecule has 0 aromatic heterocycles. The van der Waals surface area contributed by atoms with Crippen LogP contribution in [-0.4, -0.2) is 37.0 Å². The number of carbonyl (C=O) groups is 1. The predicted molar refractivity (Wildman–Crippen MR) is 81.1 cm³/mol. The maximum atomic E-state index is 12.5. The third-order valence-corrected chi connectivity index (χ3v) is 4.03. The zero-order chi connectivity index (χ0) is 13.1. The van der Waals surface area contributed by atoms with Crippen molar-refractivity contribution in [2.24, 2.45) is 0 Å². The lowest BCUT2D eigenvalue weighted by atomic mass is 10.00. The van der Waals surface area contributed by atoms with Crippen LogP contribution in [0.4, 0.5) is 0 Å². The van der Waals surface area contributed by atoms with Crippen LogP contribution in [0.2, 0.25) is 0 Å². The van der Waals surface area contributed by atoms with Crippen LogP contribution >= 0.6 is 12.4 Å². The molecule has 1 fully saturated rings. The molecule has 0 unspecified atom stereocenters. The molecule has 0 aliphatic carbocycles. The van der Waals surface area contributed by atoms with Crippen molar-refractivity contribution in [2.75, 3.05) is 20.1 Å². The van der Waals surface area contributed by atoms with Crippen molar-refractivity contribution in [3.63, 3.8) is 0 Å². The number of piperidine rings is 1. The molecule has 4 heteroatoms. The maximum Gasteiger partial charge on any atom is 0.254 e. The second-order valence-corrected chi connectivity index (χ2v) is 5.10. The Labute approximate surface area is 121 Å². The minimum absolute atomic E-state index is 0. The molecule has 106 valence electrons. The lowest BCUT2D eigenvalue weighted by Gasteiger charge is -2.32. The van der Waals surface area contributed by atoms with Crippen LogP contribution in [0.15, 0.2) is 18.2 Å². The second kappa shape index (κ2) is 6.92. The maximum absolute atomic E-state index is 12.5. The van der Waals surface area contributed by atoms with Crippen LogP contribution in [0.5, 0.6) is 0 Å². The number of likely N-dealkylation sites (tertiary alicyclic amines) is 1. The number of nitrogens with zero attached hydrogens (tertiary/aromatic N) is 1. The molecule has 0 bridgehead atoms. The highest BCUT2D eigenvalue weighted by Crippen LogP contribution is 2.18. The van der Waals surface area contributed by atoms with Crippen molar-refractivity contribution in [1.82, 2.24) is 10.2 Å². The van der Waals surface area contributed by atoms with E-state index in [1.165, 1.54) is 5.56 Å². The molecule has 1 N–H and O–H groups in total. The predicted octanol–water partition coefficient (Wildman–Crippen LogP) is 2.55. The van der Waals surface area contributed by atoms with Crippen molar-refractivity contribution in [2.45, 2.75) is 32.7 Å². The summed E-state index contributed by atoms with van der Waals surface area (Å²) >= 11 is 0. The molecular weight excluding hydrogens is 260 g/mol. The average molecular weight is 283 g/mol. The molecule has 0 saturated carbocycles. The van der Waals surface area contributed by atoms with Gasteiger partial charge in [-0.3, -0.25) is 4.79 Å². The molecule has 3 nitrogen and oxygen atoms in total. The molecule has 2 rings (SSSR count). The molecule has 1 aromatic rings. The summed E-state index contributed by atoms with van der Waals surface area (Å²) in [6, 6.07) is 6.53. The Morgan fingerprint density at radius 2 is 1.89 bits per heavy atom. The van der Waals surface area contributed by atoms with Crippen molar-refractivity contribution in [3.05, 3.63) is 34.9 Å². The average Bonchev–Trinajstić information content (AvgIpc) is 2.41. The van der Waals surface area contributed by atoms with Gasteiger partial charge >= 0.3 is 0 Å². The van der Waals surface area contributed by atoms with E-state index < -0.39 is 0 Å². The SMILES string of the molecule is CNC1CCN(C(=O)c2cccc(C)c2C)CC1.Cl. The van der Waals surface area contributed by atoms with Crippen molar-refractivity contribution in [1.29, 1.82) is 0 Å². The zero-order valence-corrected chi connectivity index (χ0v) is 12.7. The Morgan fingerprint density at radius 1 is 1.26 bits per heavy atom. The molecule has 1 amide bonds. The van der Waals surface area contributed by atoms with Crippen LogP contribution in [-0.2, 0) is 0 Å². The topological polar surface area (TPSA) is 32.3 Å². The van der Waals surface area contributed by atoms with Gasteiger partial charge in [-0.2, -0.15) is 0 Å². The summed E-state index contributed by atoms with van der Waals surface area (Å²) in [6.07, 6.45) is 2.10. The minimum Gasteiger partial charge on any atom is -0.339 e. The monoisotopic (exact) mass is 282 g/mol. The van der Waals surface area contributed by atoms with Gasteiger partial charge < -0.3 is 10.2 Å². The Balaban J connectivity index is 0.00000180. The fourth-order valence-electron chi connectivity index (χ4n) is 2.52. The molecular formula is C15H23ClN2O. The van der Waals surface area contributed by atoms with Gasteiger partial charge in [0.2, 0.25) is 0 Å². The lowest BCUT2D eigenvalue weighted by molar-refractivity contribution is 0.0706. The van der Waals surface area contributed by atoms with Crippen LogP contribution in [0.3, 0.4) is 0 Å². The fourth-order valence-corrected chi connectivity index (χ4v) is 2.52. The highest BCUT2D eigenvalue weighted by molar-refractivity contribution is 5.96. The Hall–Kier alpha value is -1.06. The van der Waals surface area contributed by atoms with Crippen molar-refractivity contribution >= 4 is 18.3 Å². The van der Waals surface area contributed by atoms with E-state index in [9.17, 15) is 4.79 Å². The summed E-state index contributed by atoms with van der Waals surface area (Å²) < 4.78 is 0. The number of aryl methyl sites for hydroxylation is 1. The van der Waals surface area contributed by atoms with E-state index in [4.69, 9.17) is 0 Å². The summed E-state index contributed by atoms with van der Waals surface area (Å²) in [4.78, 5) is 14.5. The van der Waals surface area contributed by atoms with E-state index >= 15 is 0 Å². The highest BCUT2D eigenvalue weighted by Gasteiger charge is 2.23. The summed E-state index contributed by atoms with van der Waals surface area (Å²) in [5.74, 6) is 0.186. The van der Waals surface area contributed by atoms with Gasteiger partial charge in [-0.25, -0.2) is 0 Å². The van der Waals surface area contributed by atoms with Crippen molar-refractivity contribution in [3.8, 4) is 0 Å². The standard InChI is InChI=1S/C15H22N2O.ClH/c1-11-5-4-6-14(12(11)2)15(18)17-9-7-13(16-3)8-10-17;/h4-6,13,16H,7-10H2,1-3H3;1H. The number of rotatable bonds is 2. The van der Waals surface area contributed by atoms with Crippen molar-refractivity contribution < 1.29 is 4.79 Å². The molecule has 19 heavy (non-hydrogen) atoms. The number of halogens is 1. The summed E-state index contributed by atoms with van der Waals surface area (Å²) in [6.45, 7) is 5.80. The van der Waals surface area contributed by atoms with Gasteiger partial charge in [0.25, 0.3) is 5.91 Å². The number of nitrogens with one attached hydrogen (secondary N) is 1. The smallest absolute Gasteiger partial charge is 0.254 e. The first-order valence-electron chi connectivity index (χ1n) is 6.66. The normalized spacial score (nSPS) is 16.1. The van der Waals surface area contributed by atoms with Gasteiger partial charge in [0.05, 0.1) is 0 Å². The molecule has 1 aromatic carbocycles. The number of carbonyl (C=O) groups excluding carboxylic acids is 1. The molecule has 1 heterocycles. The summed E-state index contributed by atoms with van der Waals surface area (Å²) in [5.41, 5.74) is 3.15. The summed E-state index contributed by atoms with van der Waals surface area (Å²) in [5, 5.41) is 3.29. The minimum atomic E-state index is 0. The molecule has 0 spiro atoms. The zero-order valence-electron chi connectivity index (χ0n) is 11.9. The third kappa shape index (κ3) is 3.48. The molecule has 1 aliphatic rings. The quantitative estimate of drug-likeness (QED) is 0.904. The molecule has 0 atom stereocenters. The first kappa shape index (κ1) is 16.0.